The summed E-state index contributed by atoms with van der Waals surface area (Å²) in [7, 11) is 1.54. The average Bonchev–Trinajstić information content (AvgIpc) is 1.87. The van der Waals surface area contributed by atoms with Crippen LogP contribution in [0.2, 0.25) is 0 Å². The molecule has 2 N–H and O–H groups in total. The van der Waals surface area contributed by atoms with Crippen LogP contribution >= 0.6 is 0 Å². The number of nitrogens with one attached hydrogen (secondary N) is 2. The molecule has 0 rings (SSSR count). The average molecular weight is 126 g/mol. The first-order valence-corrected chi connectivity index (χ1v) is 2.50. The summed E-state index contributed by atoms with van der Waals surface area (Å²) in [5, 5.41) is 4.95. The summed E-state index contributed by atoms with van der Waals surface area (Å²) in [5.41, 5.74) is 0.299. The van der Waals surface area contributed by atoms with Gasteiger partial charge in [0.1, 0.15) is 0 Å². The predicted octanol–water partition coefficient (Wildman–Crippen LogP) is -0.0208. The van der Waals surface area contributed by atoms with Gasteiger partial charge >= 0.3 is 0 Å². The van der Waals surface area contributed by atoms with E-state index in [1.54, 1.807) is 0 Å². The van der Waals surface area contributed by atoms with E-state index in [9.17, 15) is 4.79 Å². The SMILES string of the molecule is C=CNC(=C)C(=O)NC. The van der Waals surface area contributed by atoms with Crippen molar-refractivity contribution in [3.05, 3.63) is 25.1 Å². The molecule has 0 atom stereocenters. The molecule has 3 heteroatoms. The quantitative estimate of drug-likeness (QED) is 0.522. The smallest absolute Gasteiger partial charge is 0.266 e. The molecular formula is C6H10N2O. The number of carbonyl (C=O) groups excluding carboxylic acids is 1. The van der Waals surface area contributed by atoms with E-state index in [-0.39, 0.29) is 5.91 Å². The zero-order chi connectivity index (χ0) is 7.28. The van der Waals surface area contributed by atoms with Gasteiger partial charge in [0.15, 0.2) is 0 Å². The van der Waals surface area contributed by atoms with Gasteiger partial charge in [0.05, 0.1) is 5.70 Å². The van der Waals surface area contributed by atoms with Gasteiger partial charge in [0.2, 0.25) is 0 Å². The molecule has 0 aromatic carbocycles. The molecule has 0 spiro atoms. The van der Waals surface area contributed by atoms with Gasteiger partial charge in [-0.05, 0) is 6.20 Å². The van der Waals surface area contributed by atoms with Crippen molar-refractivity contribution in [1.82, 2.24) is 10.6 Å². The molecule has 0 aromatic heterocycles. The third kappa shape index (κ3) is 2.54. The Bertz CT molecular complexity index is 140. The zero-order valence-electron chi connectivity index (χ0n) is 5.40. The maximum Gasteiger partial charge on any atom is 0.266 e. The van der Waals surface area contributed by atoms with E-state index in [1.807, 2.05) is 0 Å². The molecule has 0 saturated heterocycles. The van der Waals surface area contributed by atoms with Crippen LogP contribution in [-0.4, -0.2) is 13.0 Å². The fourth-order valence-corrected chi connectivity index (χ4v) is 0.340. The fourth-order valence-electron chi connectivity index (χ4n) is 0.340. The molecule has 0 bridgehead atoms. The summed E-state index contributed by atoms with van der Waals surface area (Å²) in [5.74, 6) is -0.227. The molecule has 0 heterocycles. The summed E-state index contributed by atoms with van der Waals surface area (Å²) in [6.45, 7) is 6.79. The highest BCUT2D eigenvalue weighted by Crippen LogP contribution is 1.80. The third-order valence-electron chi connectivity index (χ3n) is 0.777. The summed E-state index contributed by atoms with van der Waals surface area (Å²) in [6, 6.07) is 0. The van der Waals surface area contributed by atoms with Crippen LogP contribution in [0.1, 0.15) is 0 Å². The van der Waals surface area contributed by atoms with E-state index >= 15 is 0 Å². The molecule has 0 aliphatic heterocycles. The lowest BCUT2D eigenvalue weighted by molar-refractivity contribution is -0.117. The van der Waals surface area contributed by atoms with E-state index < -0.39 is 0 Å². The lowest BCUT2D eigenvalue weighted by Gasteiger charge is -2.00. The largest absolute Gasteiger partial charge is 0.358 e. The first-order chi connectivity index (χ1) is 4.22. The molecule has 1 amide bonds. The number of hydrogen-bond donors (Lipinski definition) is 2. The van der Waals surface area contributed by atoms with Crippen LogP contribution in [0.4, 0.5) is 0 Å². The number of amides is 1. The Balaban J connectivity index is 3.73. The topological polar surface area (TPSA) is 41.1 Å². The van der Waals surface area contributed by atoms with Crippen molar-refractivity contribution < 1.29 is 4.79 Å². The monoisotopic (exact) mass is 126 g/mol. The molecule has 0 aliphatic rings. The lowest BCUT2D eigenvalue weighted by Crippen LogP contribution is -2.25. The van der Waals surface area contributed by atoms with Gasteiger partial charge < -0.3 is 10.6 Å². The minimum absolute atomic E-state index is 0.227. The van der Waals surface area contributed by atoms with E-state index in [0.29, 0.717) is 5.70 Å². The maximum absolute atomic E-state index is 10.6. The highest BCUT2D eigenvalue weighted by molar-refractivity contribution is 5.91. The van der Waals surface area contributed by atoms with Crippen LogP contribution < -0.4 is 10.6 Å². The minimum Gasteiger partial charge on any atom is -0.358 e. The maximum atomic E-state index is 10.6. The second kappa shape index (κ2) is 3.72. The van der Waals surface area contributed by atoms with E-state index in [1.165, 1.54) is 13.2 Å². The summed E-state index contributed by atoms with van der Waals surface area (Å²) in [6.07, 6.45) is 1.40. The van der Waals surface area contributed by atoms with E-state index in [4.69, 9.17) is 0 Å². The molecule has 0 aromatic rings. The zero-order valence-corrected chi connectivity index (χ0v) is 5.40. The predicted molar refractivity (Wildman–Crippen MR) is 36.5 cm³/mol. The first-order valence-electron chi connectivity index (χ1n) is 2.50. The first kappa shape index (κ1) is 7.75. The van der Waals surface area contributed by atoms with Gasteiger partial charge in [-0.15, -0.1) is 0 Å². The van der Waals surface area contributed by atoms with Crippen LogP contribution in [0, 0.1) is 0 Å². The molecular weight excluding hydrogens is 116 g/mol. The van der Waals surface area contributed by atoms with E-state index in [0.717, 1.165) is 0 Å². The molecule has 0 unspecified atom stereocenters. The van der Waals surface area contributed by atoms with Crippen LogP contribution in [0.5, 0.6) is 0 Å². The van der Waals surface area contributed by atoms with Gasteiger partial charge in [-0.1, -0.05) is 13.2 Å². The van der Waals surface area contributed by atoms with Crippen LogP contribution in [-0.2, 0) is 4.79 Å². The number of hydrogen-bond acceptors (Lipinski definition) is 2. The van der Waals surface area contributed by atoms with Gasteiger partial charge in [0, 0.05) is 7.05 Å². The summed E-state index contributed by atoms with van der Waals surface area (Å²) in [4.78, 5) is 10.6. The lowest BCUT2D eigenvalue weighted by atomic mass is 10.4. The van der Waals surface area contributed by atoms with E-state index in [2.05, 4.69) is 23.8 Å². The minimum atomic E-state index is -0.227. The van der Waals surface area contributed by atoms with Gasteiger partial charge in [-0.3, -0.25) is 4.79 Å². The van der Waals surface area contributed by atoms with Gasteiger partial charge in [-0.25, -0.2) is 0 Å². The molecule has 0 aliphatic carbocycles. The van der Waals surface area contributed by atoms with Gasteiger partial charge in [-0.2, -0.15) is 0 Å². The summed E-state index contributed by atoms with van der Waals surface area (Å²) >= 11 is 0. The number of likely N-dealkylation sites (N-methyl/N-ethyl adjacent to an activating group) is 1. The van der Waals surface area contributed by atoms with Gasteiger partial charge in [0.25, 0.3) is 5.91 Å². The third-order valence-corrected chi connectivity index (χ3v) is 0.777. The normalized spacial score (nSPS) is 7.67. The van der Waals surface area contributed by atoms with Crippen molar-refractivity contribution in [2.24, 2.45) is 0 Å². The second-order valence-electron chi connectivity index (χ2n) is 1.41. The van der Waals surface area contributed by atoms with Crippen molar-refractivity contribution in [3.8, 4) is 0 Å². The highest BCUT2D eigenvalue weighted by atomic mass is 16.1. The van der Waals surface area contributed by atoms with Crippen LogP contribution in [0.15, 0.2) is 25.1 Å². The molecule has 50 valence electrons. The Kier molecular flexibility index (Phi) is 3.20. The number of rotatable bonds is 3. The number of carbonyl (C=O) groups is 1. The highest BCUT2D eigenvalue weighted by Gasteiger charge is 1.98. The standard InChI is InChI=1S/C6H10N2O/c1-4-8-5(2)6(9)7-3/h4,8H,1-2H2,3H3,(H,7,9). The Morgan fingerprint density at radius 3 is 2.56 bits per heavy atom. The van der Waals surface area contributed by atoms with Crippen molar-refractivity contribution in [2.45, 2.75) is 0 Å². The van der Waals surface area contributed by atoms with Crippen LogP contribution in [0.3, 0.4) is 0 Å². The van der Waals surface area contributed by atoms with Crippen molar-refractivity contribution in [3.63, 3.8) is 0 Å². The Labute approximate surface area is 54.4 Å². The molecule has 0 radical (unpaired) electrons. The molecule has 0 fully saturated rings. The molecule has 3 nitrogen and oxygen atoms in total. The Morgan fingerprint density at radius 2 is 2.22 bits per heavy atom. The second-order valence-corrected chi connectivity index (χ2v) is 1.41. The Morgan fingerprint density at radius 1 is 1.67 bits per heavy atom. The van der Waals surface area contributed by atoms with Crippen molar-refractivity contribution in [1.29, 1.82) is 0 Å². The molecule has 0 saturated carbocycles. The summed E-state index contributed by atoms with van der Waals surface area (Å²) < 4.78 is 0. The Hall–Kier alpha value is -1.25. The van der Waals surface area contributed by atoms with Crippen molar-refractivity contribution >= 4 is 5.91 Å². The van der Waals surface area contributed by atoms with Crippen LogP contribution in [0.25, 0.3) is 0 Å². The fraction of sp³-hybridized carbons (Fsp3) is 0.167. The molecule has 9 heavy (non-hydrogen) atoms. The van der Waals surface area contributed by atoms with Crippen molar-refractivity contribution in [2.75, 3.05) is 7.05 Å².